The average molecular weight is 557 g/mol. The van der Waals surface area contributed by atoms with Crippen molar-refractivity contribution < 1.29 is 18.3 Å². The number of epoxide rings is 1. The van der Waals surface area contributed by atoms with Gasteiger partial charge in [-0.05, 0) is 66.6 Å². The number of rotatable bonds is 18. The molecule has 0 aromatic carbocycles. The smallest absolute Gasteiger partial charge is 0.257 e. The minimum atomic E-state index is -1.63. The Kier molecular flexibility index (Phi) is 11.8. The molecule has 1 aliphatic rings. The van der Waals surface area contributed by atoms with Crippen molar-refractivity contribution in [3.8, 4) is 0 Å². The maximum absolute atomic E-state index is 6.81. The molecule has 0 radical (unpaired) electrons. The van der Waals surface area contributed by atoms with E-state index >= 15 is 0 Å². The molecule has 0 amide bonds. The van der Waals surface area contributed by atoms with Crippen LogP contribution in [0.2, 0.25) is 25.7 Å². The summed E-state index contributed by atoms with van der Waals surface area (Å²) in [5.41, 5.74) is 0.300. The van der Waals surface area contributed by atoms with E-state index in [4.69, 9.17) is 18.3 Å². The highest BCUT2D eigenvalue weighted by molar-refractivity contribution is 6.63. The predicted molar refractivity (Wildman–Crippen MR) is 162 cm³/mol. The van der Waals surface area contributed by atoms with Gasteiger partial charge in [-0.1, -0.05) is 59.0 Å². The van der Waals surface area contributed by atoms with Crippen LogP contribution in [0.25, 0.3) is 0 Å². The van der Waals surface area contributed by atoms with Gasteiger partial charge in [-0.2, -0.15) is 0 Å². The number of ether oxygens (including phenoxy) is 2. The van der Waals surface area contributed by atoms with Crippen LogP contribution in [-0.2, 0) is 18.3 Å². The van der Waals surface area contributed by atoms with E-state index in [0.717, 1.165) is 12.0 Å². The molecule has 6 unspecified atom stereocenters. The largest absolute Gasteiger partial charge is 0.458 e. The Balaban J connectivity index is 2.71. The third-order valence-corrected chi connectivity index (χ3v) is 18.0. The zero-order chi connectivity index (χ0) is 28.1. The second-order valence-electron chi connectivity index (χ2n) is 12.0. The van der Waals surface area contributed by atoms with Gasteiger partial charge in [0.25, 0.3) is 5.79 Å². The van der Waals surface area contributed by atoms with Gasteiger partial charge in [0.1, 0.15) is 5.76 Å². The number of allylic oxidation sites excluding steroid dienone is 1. The Bertz CT molecular complexity index is 791. The summed E-state index contributed by atoms with van der Waals surface area (Å²) in [5, 5.41) is 6.68. The summed E-state index contributed by atoms with van der Waals surface area (Å²) in [6, 6.07) is 1.34. The highest BCUT2D eigenvalue weighted by atomic mass is 28.3. The molecule has 0 spiro atoms. The molecule has 36 heavy (non-hydrogen) atoms. The maximum Gasteiger partial charge on any atom is 0.257 e. The van der Waals surface area contributed by atoms with Crippen molar-refractivity contribution in [2.75, 3.05) is 0 Å². The quantitative estimate of drug-likeness (QED) is 0.0998. The van der Waals surface area contributed by atoms with E-state index in [2.05, 4.69) is 91.6 Å². The first kappa shape index (κ1) is 33.2. The van der Waals surface area contributed by atoms with Gasteiger partial charge in [0, 0.05) is 17.8 Å². The summed E-state index contributed by atoms with van der Waals surface area (Å²) >= 11 is 0. The first-order chi connectivity index (χ1) is 16.3. The molecule has 0 aliphatic carbocycles. The van der Waals surface area contributed by atoms with E-state index < -0.39 is 38.4 Å². The molecule has 1 rings (SSSR count). The van der Waals surface area contributed by atoms with E-state index in [1.165, 1.54) is 18.9 Å². The van der Waals surface area contributed by atoms with Crippen molar-refractivity contribution in [3.05, 3.63) is 36.9 Å². The molecule has 2 N–H and O–H groups in total. The number of nitrogens with one attached hydrogen (secondary N) is 2. The normalized spacial score (nSPS) is 25.3. The minimum absolute atomic E-state index is 0.00326. The molecular formula is C27H56N2O4Si3. The molecule has 1 fully saturated rings. The van der Waals surface area contributed by atoms with Crippen LogP contribution in [-0.4, -0.2) is 54.5 Å². The second-order valence-corrected chi connectivity index (χ2v) is 21.1. The number of unbranched alkanes of at least 4 members (excludes halogenated alkanes) is 1. The summed E-state index contributed by atoms with van der Waals surface area (Å²) in [6.45, 7) is 38.2. The Morgan fingerprint density at radius 3 is 2.08 bits per heavy atom. The number of hydrogen-bond acceptors (Lipinski definition) is 6. The Morgan fingerprint density at radius 1 is 1.00 bits per heavy atom. The van der Waals surface area contributed by atoms with Crippen molar-refractivity contribution in [3.63, 3.8) is 0 Å². The van der Waals surface area contributed by atoms with Gasteiger partial charge in [0.15, 0.2) is 9.04 Å². The Labute approximate surface area is 227 Å². The zero-order valence-corrected chi connectivity index (χ0v) is 28.9. The molecule has 210 valence electrons. The van der Waals surface area contributed by atoms with Gasteiger partial charge in [0.05, 0.1) is 19.8 Å². The third-order valence-electron chi connectivity index (χ3n) is 7.90. The summed E-state index contributed by atoms with van der Waals surface area (Å²) in [6.07, 6.45) is 3.51. The molecule has 1 aliphatic heterocycles. The molecule has 0 bridgehead atoms. The van der Waals surface area contributed by atoms with Gasteiger partial charge in [-0.25, -0.2) is 0 Å². The fraction of sp³-hybridized carbons (Fsp3) is 0.778. The number of hydrogen-bond donors (Lipinski definition) is 2. The van der Waals surface area contributed by atoms with Crippen LogP contribution in [0.15, 0.2) is 36.9 Å². The molecule has 0 aromatic heterocycles. The van der Waals surface area contributed by atoms with Crippen molar-refractivity contribution >= 4 is 26.9 Å². The lowest BCUT2D eigenvalue weighted by atomic mass is 10.2. The van der Waals surface area contributed by atoms with Gasteiger partial charge < -0.3 is 29.0 Å². The average Bonchev–Trinajstić information content (AvgIpc) is 3.27. The van der Waals surface area contributed by atoms with Gasteiger partial charge in [-0.15, -0.1) is 0 Å². The van der Waals surface area contributed by atoms with Gasteiger partial charge in [-0.3, -0.25) is 0 Å². The lowest BCUT2D eigenvalue weighted by Crippen LogP contribution is -2.56. The van der Waals surface area contributed by atoms with Gasteiger partial charge >= 0.3 is 0 Å². The minimum Gasteiger partial charge on any atom is -0.458 e. The van der Waals surface area contributed by atoms with Crippen LogP contribution in [0, 0.1) is 0 Å². The van der Waals surface area contributed by atoms with E-state index in [0.29, 0.717) is 11.6 Å². The fourth-order valence-corrected chi connectivity index (χ4v) is 12.4. The van der Waals surface area contributed by atoms with Crippen LogP contribution in [0.4, 0.5) is 0 Å². The summed E-state index contributed by atoms with van der Waals surface area (Å²) in [7, 11) is -4.21. The maximum atomic E-state index is 6.81. The summed E-state index contributed by atoms with van der Waals surface area (Å²) in [4.78, 5) is 0. The zero-order valence-electron chi connectivity index (χ0n) is 25.4. The van der Waals surface area contributed by atoms with Crippen molar-refractivity contribution in [1.29, 1.82) is 0 Å². The summed E-state index contributed by atoms with van der Waals surface area (Å²) in [5.74, 6) is 0.409. The molecule has 1 heterocycles. The lowest BCUT2D eigenvalue weighted by Gasteiger charge is -2.42. The molecule has 0 aromatic rings. The summed E-state index contributed by atoms with van der Waals surface area (Å²) < 4.78 is 25.4. The van der Waals surface area contributed by atoms with Crippen molar-refractivity contribution in [2.45, 2.75) is 135 Å². The first-order valence-corrected chi connectivity index (χ1v) is 20.7. The first-order valence-electron chi connectivity index (χ1n) is 13.7. The Hall–Kier alpha value is -0.849. The molecule has 6 nitrogen and oxygen atoms in total. The molecule has 6 atom stereocenters. The monoisotopic (exact) mass is 556 g/mol. The third kappa shape index (κ3) is 8.87. The van der Waals surface area contributed by atoms with E-state index in [-0.39, 0.29) is 16.1 Å². The topological polar surface area (TPSA) is 64.3 Å². The standard InChI is InChI=1S/C27H56N2O4Si3/c1-16-18-19-34(13)24(7,8)33-36(15)25(9,10)32-35(14)23(17-2)28-22(6)29-26(11)27(12,31-26)30-21(5)20(3)4/h23,28-29,34-36H,3,5-6,16-19H2,1-2,4,7-15H3. The predicted octanol–water partition coefficient (Wildman–Crippen LogP) is 5.56. The Morgan fingerprint density at radius 2 is 1.58 bits per heavy atom. The lowest BCUT2D eigenvalue weighted by molar-refractivity contribution is 0.0212. The second kappa shape index (κ2) is 12.8. The highest BCUT2D eigenvalue weighted by Crippen LogP contribution is 2.48. The fourth-order valence-electron chi connectivity index (χ4n) is 4.27. The van der Waals surface area contributed by atoms with Crippen molar-refractivity contribution in [1.82, 2.24) is 10.6 Å². The van der Waals surface area contributed by atoms with Crippen LogP contribution in [0.5, 0.6) is 0 Å². The van der Waals surface area contributed by atoms with E-state index in [1.807, 2.05) is 20.8 Å². The van der Waals surface area contributed by atoms with Crippen LogP contribution in [0.3, 0.4) is 0 Å². The van der Waals surface area contributed by atoms with Crippen LogP contribution >= 0.6 is 0 Å². The molecule has 0 saturated carbocycles. The van der Waals surface area contributed by atoms with Gasteiger partial charge in [0.2, 0.25) is 14.8 Å². The molecule has 1 saturated heterocycles. The molecular weight excluding hydrogens is 501 g/mol. The van der Waals surface area contributed by atoms with E-state index in [1.54, 1.807) is 0 Å². The van der Waals surface area contributed by atoms with Crippen LogP contribution in [0.1, 0.15) is 81.6 Å². The van der Waals surface area contributed by atoms with E-state index in [9.17, 15) is 0 Å². The molecule has 9 heteroatoms. The van der Waals surface area contributed by atoms with Crippen molar-refractivity contribution in [2.24, 2.45) is 0 Å². The van der Waals surface area contributed by atoms with Crippen LogP contribution < -0.4 is 10.6 Å². The SMILES string of the molecule is C=C(NC(CC)[SiH](C)OC(C)(C)[SiH](C)OC(C)(C)[SiH](C)CCCC)NC1(C)OC1(C)OC(=C)C(=C)C. The highest BCUT2D eigenvalue weighted by Gasteiger charge is 2.68.